The van der Waals surface area contributed by atoms with Crippen molar-refractivity contribution in [2.24, 2.45) is 40.4 Å². The van der Waals surface area contributed by atoms with Crippen molar-refractivity contribution in [1.29, 1.82) is 0 Å². The van der Waals surface area contributed by atoms with Crippen LogP contribution in [0.25, 0.3) is 0 Å². The minimum Gasteiger partial charge on any atom is -0.478 e. The Bertz CT molecular complexity index is 998. The Morgan fingerprint density at radius 2 is 1.76 bits per heavy atom. The molecule has 7 atom stereocenters. The monoisotopic (exact) mass is 517 g/mol. The molecule has 1 heterocycles. The number of rotatable bonds is 4. The van der Waals surface area contributed by atoms with Gasteiger partial charge >= 0.3 is 17.9 Å². The summed E-state index contributed by atoms with van der Waals surface area (Å²) in [5.41, 5.74) is 0.143. The lowest BCUT2D eigenvalue weighted by atomic mass is 9.45. The Hall–Kier alpha value is -2.55. The van der Waals surface area contributed by atoms with Crippen molar-refractivity contribution in [1.82, 2.24) is 5.32 Å². The number of aliphatic carboxylic acids is 2. The van der Waals surface area contributed by atoms with Crippen LogP contribution in [0.1, 0.15) is 78.1 Å². The van der Waals surface area contributed by atoms with Crippen LogP contribution < -0.4 is 5.32 Å². The van der Waals surface area contributed by atoms with Crippen LogP contribution in [0, 0.1) is 40.4 Å². The van der Waals surface area contributed by atoms with Crippen molar-refractivity contribution in [3.63, 3.8) is 0 Å². The number of carboxylic acid groups (broad SMARTS) is 2. The largest absolute Gasteiger partial charge is 0.478 e. The maximum absolute atomic E-state index is 12.8. The third-order valence-electron chi connectivity index (χ3n) is 10.1. The number of hydrogen-bond acceptors (Lipinski definition) is 7. The highest BCUT2D eigenvalue weighted by Crippen LogP contribution is 2.64. The van der Waals surface area contributed by atoms with Gasteiger partial charge in [-0.25, -0.2) is 9.59 Å². The molecule has 3 N–H and O–H groups in total. The van der Waals surface area contributed by atoms with Crippen LogP contribution in [0.2, 0.25) is 0 Å². The molecule has 5 aliphatic rings. The molecular weight excluding hydrogens is 478 g/mol. The normalized spacial score (nSPS) is 39.0. The van der Waals surface area contributed by atoms with Gasteiger partial charge in [0, 0.05) is 30.7 Å². The molecule has 0 aromatic rings. The summed E-state index contributed by atoms with van der Waals surface area (Å²) in [5, 5.41) is 19.9. The number of Topliss-reactive ketones (excluding diaryl/α,β-unsaturated/α-hetero) is 2. The van der Waals surface area contributed by atoms with Crippen LogP contribution in [0.4, 0.5) is 0 Å². The number of ether oxygens (including phenoxy) is 1. The SMILES string of the molecule is C[C@]12CCCC[C@@H]1C(=O)C[C@@H]1[C@@H]2CC[C@]2(C)C(=O)CC[C@@H]12.O=C(O)/C=C(\OC(=O)[C@@H]1CCNC1)C(=O)O. The fourth-order valence-electron chi connectivity index (χ4n) is 8.16. The number of hydrogen-bond donors (Lipinski definition) is 3. The lowest BCUT2D eigenvalue weighted by Crippen LogP contribution is -2.55. The highest BCUT2D eigenvalue weighted by Gasteiger charge is 2.61. The van der Waals surface area contributed by atoms with Crippen molar-refractivity contribution in [2.75, 3.05) is 13.1 Å². The topological polar surface area (TPSA) is 147 Å². The minimum absolute atomic E-state index is 0.0979. The number of esters is 1. The molecule has 37 heavy (non-hydrogen) atoms. The van der Waals surface area contributed by atoms with Crippen LogP contribution in [-0.4, -0.2) is 52.8 Å². The Morgan fingerprint density at radius 3 is 2.41 bits per heavy atom. The number of carbonyl (C=O) groups excluding carboxylic acids is 3. The standard InChI is InChI=1S/C19H28O2.C9H11NO6/c1-18-9-4-3-5-15(18)16(20)11-12-13-6-7-17(21)19(13,2)10-8-14(12)18;11-7(12)3-6(8(13)14)16-9(15)5-1-2-10-4-5/h12-15H,3-11H2,1-2H3;3,5,10H,1-2,4H2,(H,11,12)(H,13,14)/b;6-3-/t12-,13-,14-,15+,18+,19-;5-/m01/s1. The van der Waals surface area contributed by atoms with E-state index in [9.17, 15) is 24.0 Å². The van der Waals surface area contributed by atoms with Crippen molar-refractivity contribution in [3.05, 3.63) is 11.8 Å². The Kier molecular flexibility index (Phi) is 7.93. The number of ketones is 2. The summed E-state index contributed by atoms with van der Waals surface area (Å²) in [6.45, 7) is 5.68. The van der Waals surface area contributed by atoms with E-state index in [-0.39, 0.29) is 10.8 Å². The molecule has 0 bridgehead atoms. The first-order valence-electron chi connectivity index (χ1n) is 13.6. The predicted molar refractivity (Wildman–Crippen MR) is 132 cm³/mol. The van der Waals surface area contributed by atoms with Crippen LogP contribution >= 0.6 is 0 Å². The summed E-state index contributed by atoms with van der Waals surface area (Å²) in [7, 11) is 0. The zero-order valence-corrected chi connectivity index (χ0v) is 21.8. The molecular formula is C28H39NO8. The van der Waals surface area contributed by atoms with E-state index in [1.807, 2.05) is 0 Å². The van der Waals surface area contributed by atoms with Gasteiger partial charge in [0.25, 0.3) is 0 Å². The van der Waals surface area contributed by atoms with Gasteiger partial charge in [0.15, 0.2) is 0 Å². The second-order valence-electron chi connectivity index (χ2n) is 12.0. The van der Waals surface area contributed by atoms with Gasteiger partial charge in [-0.1, -0.05) is 26.7 Å². The van der Waals surface area contributed by atoms with Gasteiger partial charge in [-0.15, -0.1) is 0 Å². The van der Waals surface area contributed by atoms with Gasteiger partial charge in [-0.3, -0.25) is 14.4 Å². The molecule has 204 valence electrons. The van der Waals surface area contributed by atoms with Crippen molar-refractivity contribution in [3.8, 4) is 0 Å². The summed E-state index contributed by atoms with van der Waals surface area (Å²) in [4.78, 5) is 57.4. The van der Waals surface area contributed by atoms with E-state index in [0.717, 1.165) is 32.1 Å². The smallest absolute Gasteiger partial charge is 0.372 e. The van der Waals surface area contributed by atoms with Crippen LogP contribution in [0.15, 0.2) is 11.8 Å². The molecule has 0 radical (unpaired) electrons. The molecule has 0 aromatic heterocycles. The van der Waals surface area contributed by atoms with Crippen LogP contribution in [-0.2, 0) is 28.7 Å². The zero-order chi connectivity index (χ0) is 27.0. The quantitative estimate of drug-likeness (QED) is 0.290. The molecule has 0 amide bonds. The Labute approximate surface area is 217 Å². The fraction of sp³-hybridized carbons (Fsp3) is 0.750. The van der Waals surface area contributed by atoms with Gasteiger partial charge in [0.05, 0.1) is 12.0 Å². The number of carboxylic acids is 2. The van der Waals surface area contributed by atoms with Gasteiger partial charge in [0.2, 0.25) is 5.76 Å². The maximum Gasteiger partial charge on any atom is 0.372 e. The van der Waals surface area contributed by atoms with Crippen LogP contribution in [0.5, 0.6) is 0 Å². The van der Waals surface area contributed by atoms with Crippen molar-refractivity contribution < 1.29 is 38.9 Å². The molecule has 4 aliphatic carbocycles. The Balaban J connectivity index is 0.000000181. The highest BCUT2D eigenvalue weighted by atomic mass is 16.6. The second-order valence-corrected chi connectivity index (χ2v) is 12.0. The molecule has 1 saturated heterocycles. The average molecular weight is 518 g/mol. The first-order chi connectivity index (χ1) is 17.5. The van der Waals surface area contributed by atoms with Crippen molar-refractivity contribution >= 4 is 29.5 Å². The number of carbonyl (C=O) groups is 5. The molecule has 9 heteroatoms. The summed E-state index contributed by atoms with van der Waals surface area (Å²) >= 11 is 0. The highest BCUT2D eigenvalue weighted by molar-refractivity contribution is 5.95. The first-order valence-corrected chi connectivity index (χ1v) is 13.6. The molecule has 0 unspecified atom stereocenters. The number of fused-ring (bicyclic) bond motifs is 5. The average Bonchev–Trinajstić information content (AvgIpc) is 3.47. The maximum atomic E-state index is 12.8. The number of nitrogens with one attached hydrogen (secondary N) is 1. The second kappa shape index (κ2) is 10.7. The van der Waals surface area contributed by atoms with Gasteiger partial charge in [-0.05, 0) is 68.2 Å². The van der Waals surface area contributed by atoms with E-state index in [4.69, 9.17) is 10.2 Å². The van der Waals surface area contributed by atoms with Gasteiger partial charge in [-0.2, -0.15) is 0 Å². The van der Waals surface area contributed by atoms with Crippen LogP contribution in [0.3, 0.4) is 0 Å². The van der Waals surface area contributed by atoms with E-state index in [2.05, 4.69) is 23.9 Å². The zero-order valence-electron chi connectivity index (χ0n) is 21.8. The lowest BCUT2D eigenvalue weighted by Gasteiger charge is -2.58. The summed E-state index contributed by atoms with van der Waals surface area (Å²) in [5.74, 6) is -2.04. The Morgan fingerprint density at radius 1 is 1.00 bits per heavy atom. The van der Waals surface area contributed by atoms with E-state index in [0.29, 0.717) is 60.8 Å². The summed E-state index contributed by atoms with van der Waals surface area (Å²) in [6, 6.07) is 0. The molecule has 0 spiro atoms. The molecule has 5 fully saturated rings. The first kappa shape index (κ1) is 27.5. The van der Waals surface area contributed by atoms with E-state index in [1.54, 1.807) is 0 Å². The summed E-state index contributed by atoms with van der Waals surface area (Å²) in [6.07, 6.45) is 10.6. The third kappa shape index (κ3) is 5.24. The molecule has 1 aliphatic heterocycles. The van der Waals surface area contributed by atoms with Gasteiger partial charge in [0.1, 0.15) is 11.6 Å². The van der Waals surface area contributed by atoms with Gasteiger partial charge < -0.3 is 20.3 Å². The van der Waals surface area contributed by atoms with E-state index in [1.165, 1.54) is 25.7 Å². The third-order valence-corrected chi connectivity index (χ3v) is 10.1. The molecule has 4 saturated carbocycles. The molecule has 5 rings (SSSR count). The molecule has 9 nitrogen and oxygen atoms in total. The fourth-order valence-corrected chi connectivity index (χ4v) is 8.16. The predicted octanol–water partition coefficient (Wildman–Crippen LogP) is 3.36. The van der Waals surface area contributed by atoms with E-state index >= 15 is 0 Å². The lowest BCUT2D eigenvalue weighted by molar-refractivity contribution is -0.155. The van der Waals surface area contributed by atoms with Crippen molar-refractivity contribution in [2.45, 2.75) is 78.1 Å². The molecule has 0 aromatic carbocycles. The van der Waals surface area contributed by atoms with E-state index < -0.39 is 29.6 Å². The summed E-state index contributed by atoms with van der Waals surface area (Å²) < 4.78 is 4.51. The minimum atomic E-state index is -1.58.